The number of hydrogen-bond donors (Lipinski definition) is 2. The largest absolute Gasteiger partial charge is 0.394 e. The molecular formula is C17H34O3. The van der Waals surface area contributed by atoms with E-state index >= 15 is 0 Å². The zero-order valence-electron chi connectivity index (χ0n) is 13.7. The highest BCUT2D eigenvalue weighted by atomic mass is 16.5. The van der Waals surface area contributed by atoms with E-state index in [1.54, 1.807) is 0 Å². The van der Waals surface area contributed by atoms with E-state index in [4.69, 9.17) is 14.9 Å². The Morgan fingerprint density at radius 1 is 0.850 bits per heavy atom. The second kappa shape index (κ2) is 8.35. The molecule has 0 bridgehead atoms. The van der Waals surface area contributed by atoms with E-state index in [-0.39, 0.29) is 17.8 Å². The second-order valence-electron chi connectivity index (χ2n) is 7.15. The predicted octanol–water partition coefficient (Wildman–Crippen LogP) is 3.81. The molecule has 2 saturated carbocycles. The first-order valence-corrected chi connectivity index (χ1v) is 8.38. The van der Waals surface area contributed by atoms with Gasteiger partial charge in [0.05, 0.1) is 23.9 Å². The standard InChI is InChI=1S/C14H26O.C3H8O2/c1-13(9-5-3-6-10-13)15-14(2)11-7-4-8-12-14;1-3(5)2-4/h3-12H2,1-2H3;3-5H,2H2,1H3. The quantitative estimate of drug-likeness (QED) is 0.829. The fourth-order valence-electron chi connectivity index (χ4n) is 3.40. The number of aliphatic hydroxyl groups is 2. The molecule has 0 spiro atoms. The van der Waals surface area contributed by atoms with Crippen LogP contribution >= 0.6 is 0 Å². The van der Waals surface area contributed by atoms with Gasteiger partial charge in [0, 0.05) is 0 Å². The van der Waals surface area contributed by atoms with Gasteiger partial charge in [-0.25, -0.2) is 0 Å². The van der Waals surface area contributed by atoms with Gasteiger partial charge in [0.1, 0.15) is 0 Å². The van der Waals surface area contributed by atoms with Crippen molar-refractivity contribution in [3.8, 4) is 0 Å². The second-order valence-corrected chi connectivity index (χ2v) is 7.15. The van der Waals surface area contributed by atoms with Crippen molar-refractivity contribution >= 4 is 0 Å². The lowest BCUT2D eigenvalue weighted by molar-refractivity contribution is -0.167. The van der Waals surface area contributed by atoms with Crippen LogP contribution in [-0.2, 0) is 4.74 Å². The van der Waals surface area contributed by atoms with Crippen LogP contribution in [0.15, 0.2) is 0 Å². The van der Waals surface area contributed by atoms with Crippen molar-refractivity contribution in [1.82, 2.24) is 0 Å². The molecule has 3 heteroatoms. The third-order valence-corrected chi connectivity index (χ3v) is 4.58. The summed E-state index contributed by atoms with van der Waals surface area (Å²) in [6.07, 6.45) is 12.9. The maximum Gasteiger partial charge on any atom is 0.0742 e. The Balaban J connectivity index is 0.000000347. The topological polar surface area (TPSA) is 49.7 Å². The highest BCUT2D eigenvalue weighted by Crippen LogP contribution is 2.40. The van der Waals surface area contributed by atoms with Crippen molar-refractivity contribution in [2.24, 2.45) is 0 Å². The molecular weight excluding hydrogens is 252 g/mol. The van der Waals surface area contributed by atoms with Gasteiger partial charge in [0.2, 0.25) is 0 Å². The monoisotopic (exact) mass is 286 g/mol. The molecule has 120 valence electrons. The molecule has 0 saturated heterocycles. The molecule has 20 heavy (non-hydrogen) atoms. The normalized spacial score (nSPS) is 26.2. The van der Waals surface area contributed by atoms with E-state index in [1.807, 2.05) is 0 Å². The molecule has 2 N–H and O–H groups in total. The highest BCUT2D eigenvalue weighted by Gasteiger charge is 2.37. The van der Waals surface area contributed by atoms with Gasteiger partial charge in [-0.2, -0.15) is 0 Å². The van der Waals surface area contributed by atoms with Crippen molar-refractivity contribution in [2.45, 2.75) is 102 Å². The average Bonchev–Trinajstić information content (AvgIpc) is 2.39. The van der Waals surface area contributed by atoms with Gasteiger partial charge in [-0.3, -0.25) is 0 Å². The first-order chi connectivity index (χ1) is 9.39. The van der Waals surface area contributed by atoms with Gasteiger partial charge in [0.15, 0.2) is 0 Å². The SMILES string of the molecule is CC(O)CO.CC1(OC2(C)CCCCC2)CCCCC1. The molecule has 1 unspecified atom stereocenters. The van der Waals surface area contributed by atoms with Crippen molar-refractivity contribution in [2.75, 3.05) is 6.61 Å². The molecule has 2 aliphatic rings. The lowest BCUT2D eigenvalue weighted by Crippen LogP contribution is -2.43. The van der Waals surface area contributed by atoms with Crippen LogP contribution in [-0.4, -0.2) is 34.1 Å². The number of rotatable bonds is 3. The maximum atomic E-state index is 8.11. The first kappa shape index (κ1) is 17.9. The minimum Gasteiger partial charge on any atom is -0.394 e. The van der Waals surface area contributed by atoms with Crippen molar-refractivity contribution < 1.29 is 14.9 Å². The fraction of sp³-hybridized carbons (Fsp3) is 1.00. The molecule has 2 aliphatic carbocycles. The summed E-state index contributed by atoms with van der Waals surface area (Å²) < 4.78 is 6.51. The third kappa shape index (κ3) is 6.55. The maximum absolute atomic E-state index is 8.11. The van der Waals surface area contributed by atoms with Crippen LogP contribution in [0, 0.1) is 0 Å². The Morgan fingerprint density at radius 2 is 1.15 bits per heavy atom. The van der Waals surface area contributed by atoms with Gasteiger partial charge in [-0.1, -0.05) is 38.5 Å². The molecule has 1 atom stereocenters. The van der Waals surface area contributed by atoms with Crippen LogP contribution < -0.4 is 0 Å². The summed E-state index contributed by atoms with van der Waals surface area (Å²) in [7, 11) is 0. The first-order valence-electron chi connectivity index (χ1n) is 8.38. The zero-order chi connectivity index (χ0) is 15.1. The Bertz CT molecular complexity index is 229. The van der Waals surface area contributed by atoms with Crippen LogP contribution in [0.3, 0.4) is 0 Å². The molecule has 0 aromatic carbocycles. The third-order valence-electron chi connectivity index (χ3n) is 4.58. The van der Waals surface area contributed by atoms with Crippen molar-refractivity contribution in [3.63, 3.8) is 0 Å². The zero-order valence-corrected chi connectivity index (χ0v) is 13.7. The molecule has 0 heterocycles. The molecule has 0 radical (unpaired) electrons. The summed E-state index contributed by atoms with van der Waals surface area (Å²) >= 11 is 0. The fourth-order valence-corrected chi connectivity index (χ4v) is 3.40. The summed E-state index contributed by atoms with van der Waals surface area (Å²) in [5.74, 6) is 0. The summed E-state index contributed by atoms with van der Waals surface area (Å²) in [5, 5.41) is 16.0. The lowest BCUT2D eigenvalue weighted by Gasteiger charge is -2.44. The predicted molar refractivity (Wildman–Crippen MR) is 82.8 cm³/mol. The molecule has 3 nitrogen and oxygen atoms in total. The van der Waals surface area contributed by atoms with E-state index in [0.29, 0.717) is 0 Å². The van der Waals surface area contributed by atoms with Gasteiger partial charge in [-0.05, 0) is 46.5 Å². The van der Waals surface area contributed by atoms with Crippen LogP contribution in [0.4, 0.5) is 0 Å². The number of ether oxygens (including phenoxy) is 1. The number of hydrogen-bond acceptors (Lipinski definition) is 3. The summed E-state index contributed by atoms with van der Waals surface area (Å²) in [5.41, 5.74) is 0.397. The van der Waals surface area contributed by atoms with E-state index in [0.717, 1.165) is 0 Å². The van der Waals surface area contributed by atoms with Crippen molar-refractivity contribution in [1.29, 1.82) is 0 Å². The Labute approximate surface area is 124 Å². The lowest BCUT2D eigenvalue weighted by atomic mass is 9.82. The Hall–Kier alpha value is -0.120. The molecule has 0 aromatic heterocycles. The summed E-state index contributed by atoms with van der Waals surface area (Å²) in [4.78, 5) is 0. The van der Waals surface area contributed by atoms with E-state index in [2.05, 4.69) is 13.8 Å². The smallest absolute Gasteiger partial charge is 0.0742 e. The average molecular weight is 286 g/mol. The highest BCUT2D eigenvalue weighted by molar-refractivity contribution is 4.87. The van der Waals surface area contributed by atoms with Crippen LogP contribution in [0.2, 0.25) is 0 Å². The molecule has 0 aliphatic heterocycles. The van der Waals surface area contributed by atoms with E-state index in [1.165, 1.54) is 71.1 Å². The van der Waals surface area contributed by atoms with Gasteiger partial charge < -0.3 is 14.9 Å². The summed E-state index contributed by atoms with van der Waals surface area (Å²) in [6, 6.07) is 0. The van der Waals surface area contributed by atoms with Crippen LogP contribution in [0.1, 0.15) is 85.0 Å². The van der Waals surface area contributed by atoms with Gasteiger partial charge in [-0.15, -0.1) is 0 Å². The Morgan fingerprint density at radius 3 is 1.40 bits per heavy atom. The minimum absolute atomic E-state index is 0.139. The molecule has 0 aromatic rings. The molecule has 0 amide bonds. The minimum atomic E-state index is -0.560. The number of aliphatic hydroxyl groups excluding tert-OH is 2. The Kier molecular flexibility index (Phi) is 7.49. The molecule has 2 rings (SSSR count). The van der Waals surface area contributed by atoms with Crippen LogP contribution in [0.25, 0.3) is 0 Å². The molecule has 2 fully saturated rings. The summed E-state index contributed by atoms with van der Waals surface area (Å²) in [6.45, 7) is 6.07. The van der Waals surface area contributed by atoms with Gasteiger partial charge >= 0.3 is 0 Å². The van der Waals surface area contributed by atoms with Gasteiger partial charge in [0.25, 0.3) is 0 Å². The van der Waals surface area contributed by atoms with Crippen molar-refractivity contribution in [3.05, 3.63) is 0 Å². The van der Waals surface area contributed by atoms with E-state index in [9.17, 15) is 0 Å². The van der Waals surface area contributed by atoms with E-state index < -0.39 is 6.10 Å². The van der Waals surface area contributed by atoms with Crippen LogP contribution in [0.5, 0.6) is 0 Å².